The topological polar surface area (TPSA) is 61.6 Å². The van der Waals surface area contributed by atoms with Crippen LogP contribution in [0.2, 0.25) is 0 Å². The highest BCUT2D eigenvalue weighted by atomic mass is 16.2. The van der Waals surface area contributed by atoms with Crippen molar-refractivity contribution in [2.24, 2.45) is 0 Å². The van der Waals surface area contributed by atoms with Crippen LogP contribution in [0, 0.1) is 6.92 Å². The summed E-state index contributed by atoms with van der Waals surface area (Å²) in [5.74, 6) is -0.00338. The molecule has 1 fully saturated rings. The summed E-state index contributed by atoms with van der Waals surface area (Å²) in [5, 5.41) is 2.95. The third-order valence-electron chi connectivity index (χ3n) is 4.33. The molecule has 3 N–H and O–H groups in total. The Morgan fingerprint density at radius 2 is 2.10 bits per heavy atom. The maximum atomic E-state index is 12.3. The predicted octanol–water partition coefficient (Wildman–Crippen LogP) is 1.54. The minimum Gasteiger partial charge on any atom is -0.397 e. The van der Waals surface area contributed by atoms with Crippen molar-refractivity contribution >= 4 is 17.3 Å². The van der Waals surface area contributed by atoms with Gasteiger partial charge in [-0.05, 0) is 39.4 Å². The number of carbonyl (C=O) groups excluding carboxylic acids is 1. The molecule has 5 heteroatoms. The number of likely N-dealkylation sites (N-methyl/N-ethyl adjacent to an activating group) is 1. The first-order valence-electron chi connectivity index (χ1n) is 7.38. The largest absolute Gasteiger partial charge is 0.397 e. The van der Waals surface area contributed by atoms with Gasteiger partial charge in [0.05, 0.1) is 17.9 Å². The number of para-hydroxylation sites is 1. The Morgan fingerprint density at radius 1 is 1.38 bits per heavy atom. The van der Waals surface area contributed by atoms with Gasteiger partial charge in [-0.25, -0.2) is 0 Å². The smallest absolute Gasteiger partial charge is 0.238 e. The Morgan fingerprint density at radius 3 is 2.71 bits per heavy atom. The maximum Gasteiger partial charge on any atom is 0.238 e. The molecule has 2 rings (SSSR count). The van der Waals surface area contributed by atoms with Gasteiger partial charge in [0.2, 0.25) is 5.91 Å². The second-order valence-corrected chi connectivity index (χ2v) is 6.53. The molecule has 0 spiro atoms. The highest BCUT2D eigenvalue weighted by molar-refractivity contribution is 5.96. The first kappa shape index (κ1) is 15.8. The Balaban J connectivity index is 1.97. The number of hydrogen-bond donors (Lipinski definition) is 2. The van der Waals surface area contributed by atoms with Crippen LogP contribution >= 0.6 is 0 Å². The quantitative estimate of drug-likeness (QED) is 0.829. The van der Waals surface area contributed by atoms with Crippen LogP contribution in [0.25, 0.3) is 0 Å². The monoisotopic (exact) mass is 290 g/mol. The molecule has 0 saturated carbocycles. The number of aryl methyl sites for hydroxylation is 1. The fourth-order valence-electron chi connectivity index (χ4n) is 2.72. The summed E-state index contributed by atoms with van der Waals surface area (Å²) in [6.45, 7) is 9.55. The lowest BCUT2D eigenvalue weighted by Crippen LogP contribution is -2.58. The summed E-state index contributed by atoms with van der Waals surface area (Å²) in [6.07, 6.45) is 0. The molecule has 0 aromatic heterocycles. The number of amides is 1. The zero-order valence-corrected chi connectivity index (χ0v) is 13.4. The lowest BCUT2D eigenvalue weighted by molar-refractivity contribution is -0.118. The van der Waals surface area contributed by atoms with Crippen molar-refractivity contribution in [3.8, 4) is 0 Å². The van der Waals surface area contributed by atoms with Gasteiger partial charge in [-0.2, -0.15) is 0 Å². The first-order valence-corrected chi connectivity index (χ1v) is 7.38. The van der Waals surface area contributed by atoms with Gasteiger partial charge >= 0.3 is 0 Å². The number of nitrogens with one attached hydrogen (secondary N) is 1. The lowest BCUT2D eigenvalue weighted by Gasteiger charge is -2.45. The second-order valence-electron chi connectivity index (χ2n) is 6.53. The van der Waals surface area contributed by atoms with Gasteiger partial charge in [-0.1, -0.05) is 12.1 Å². The normalized spacial score (nSPS) is 19.4. The van der Waals surface area contributed by atoms with Crippen molar-refractivity contribution in [2.75, 3.05) is 44.3 Å². The molecule has 1 aliphatic rings. The van der Waals surface area contributed by atoms with Crippen LogP contribution in [0.5, 0.6) is 0 Å². The SMILES string of the molecule is Cc1cccc(N)c1NC(=O)CN1CCN(C)C(C)(C)C1. The van der Waals surface area contributed by atoms with Gasteiger partial charge in [0.25, 0.3) is 0 Å². The van der Waals surface area contributed by atoms with E-state index in [9.17, 15) is 4.79 Å². The zero-order chi connectivity index (χ0) is 15.6. The average molecular weight is 290 g/mol. The van der Waals surface area contributed by atoms with Crippen molar-refractivity contribution in [3.05, 3.63) is 23.8 Å². The molecule has 5 nitrogen and oxygen atoms in total. The summed E-state index contributed by atoms with van der Waals surface area (Å²) in [5.41, 5.74) is 8.36. The molecule has 21 heavy (non-hydrogen) atoms. The predicted molar refractivity (Wildman–Crippen MR) is 87.4 cm³/mol. The molecule has 0 bridgehead atoms. The van der Waals surface area contributed by atoms with E-state index in [1.165, 1.54) is 0 Å². The summed E-state index contributed by atoms with van der Waals surface area (Å²) in [7, 11) is 2.13. The van der Waals surface area contributed by atoms with Gasteiger partial charge in [-0.3, -0.25) is 14.6 Å². The minimum atomic E-state index is -0.00338. The van der Waals surface area contributed by atoms with Crippen LogP contribution < -0.4 is 11.1 Å². The van der Waals surface area contributed by atoms with Gasteiger partial charge in [-0.15, -0.1) is 0 Å². The molecule has 1 aromatic carbocycles. The van der Waals surface area contributed by atoms with Gasteiger partial charge in [0.15, 0.2) is 0 Å². The molecule has 0 unspecified atom stereocenters. The van der Waals surface area contributed by atoms with E-state index >= 15 is 0 Å². The number of benzene rings is 1. The number of nitrogens with zero attached hydrogens (tertiary/aromatic N) is 2. The Labute approximate surface area is 127 Å². The highest BCUT2D eigenvalue weighted by Gasteiger charge is 2.31. The molecule has 0 atom stereocenters. The molecule has 1 heterocycles. The fourth-order valence-corrected chi connectivity index (χ4v) is 2.72. The summed E-state index contributed by atoms with van der Waals surface area (Å²) >= 11 is 0. The molecular weight excluding hydrogens is 264 g/mol. The number of piperazine rings is 1. The van der Waals surface area contributed by atoms with Crippen LogP contribution in [0.4, 0.5) is 11.4 Å². The lowest BCUT2D eigenvalue weighted by atomic mass is 10.00. The summed E-state index contributed by atoms with van der Waals surface area (Å²) in [4.78, 5) is 16.8. The van der Waals surface area contributed by atoms with Crippen molar-refractivity contribution in [1.82, 2.24) is 9.80 Å². The second kappa shape index (κ2) is 6.03. The highest BCUT2D eigenvalue weighted by Crippen LogP contribution is 2.23. The molecule has 1 saturated heterocycles. The van der Waals surface area contributed by atoms with Crippen molar-refractivity contribution < 1.29 is 4.79 Å². The van der Waals surface area contributed by atoms with Crippen LogP contribution in [0.3, 0.4) is 0 Å². The van der Waals surface area contributed by atoms with E-state index in [-0.39, 0.29) is 11.4 Å². The van der Waals surface area contributed by atoms with Crippen LogP contribution in [-0.2, 0) is 4.79 Å². The Kier molecular flexibility index (Phi) is 4.54. The molecule has 1 aliphatic heterocycles. The van der Waals surface area contributed by atoms with Crippen LogP contribution in [0.1, 0.15) is 19.4 Å². The number of nitrogens with two attached hydrogens (primary N) is 1. The minimum absolute atomic E-state index is 0.00338. The third-order valence-corrected chi connectivity index (χ3v) is 4.33. The Bertz CT molecular complexity index is 507. The maximum absolute atomic E-state index is 12.3. The molecular formula is C16H26N4O. The number of rotatable bonds is 3. The van der Waals surface area contributed by atoms with E-state index in [4.69, 9.17) is 5.73 Å². The van der Waals surface area contributed by atoms with Crippen molar-refractivity contribution in [2.45, 2.75) is 26.3 Å². The number of hydrogen-bond acceptors (Lipinski definition) is 4. The number of anilines is 2. The van der Waals surface area contributed by atoms with Gasteiger partial charge < -0.3 is 11.1 Å². The number of nitrogen functional groups attached to an aromatic ring is 1. The standard InChI is InChI=1S/C16H26N4O/c1-12-6-5-7-13(17)15(12)18-14(21)10-20-9-8-19(4)16(2,3)11-20/h5-7H,8-11,17H2,1-4H3,(H,18,21). The zero-order valence-electron chi connectivity index (χ0n) is 13.4. The average Bonchev–Trinajstić information content (AvgIpc) is 2.38. The molecule has 116 valence electrons. The van der Waals surface area contributed by atoms with Gasteiger partial charge in [0, 0.05) is 25.2 Å². The summed E-state index contributed by atoms with van der Waals surface area (Å²) < 4.78 is 0. The summed E-state index contributed by atoms with van der Waals surface area (Å²) in [6, 6.07) is 5.65. The first-order chi connectivity index (χ1) is 9.79. The van der Waals surface area contributed by atoms with E-state index in [1.54, 1.807) is 0 Å². The van der Waals surface area contributed by atoms with Crippen LogP contribution in [0.15, 0.2) is 18.2 Å². The Hall–Kier alpha value is -1.59. The molecule has 1 aromatic rings. The molecule has 0 radical (unpaired) electrons. The van der Waals surface area contributed by atoms with E-state index in [2.05, 4.69) is 36.0 Å². The fraction of sp³-hybridized carbons (Fsp3) is 0.562. The van der Waals surface area contributed by atoms with Gasteiger partial charge in [0.1, 0.15) is 0 Å². The number of carbonyl (C=O) groups is 1. The van der Waals surface area contributed by atoms with E-state index in [1.807, 2.05) is 25.1 Å². The van der Waals surface area contributed by atoms with E-state index in [0.717, 1.165) is 30.9 Å². The molecule has 0 aliphatic carbocycles. The third kappa shape index (κ3) is 3.74. The van der Waals surface area contributed by atoms with Crippen molar-refractivity contribution in [3.63, 3.8) is 0 Å². The van der Waals surface area contributed by atoms with E-state index < -0.39 is 0 Å². The molecule has 1 amide bonds. The van der Waals surface area contributed by atoms with Crippen LogP contribution in [-0.4, -0.2) is 54.5 Å². The van der Waals surface area contributed by atoms with E-state index in [0.29, 0.717) is 12.2 Å². The van der Waals surface area contributed by atoms with Crippen molar-refractivity contribution in [1.29, 1.82) is 0 Å².